The summed E-state index contributed by atoms with van der Waals surface area (Å²) in [6.07, 6.45) is 3.33. The molecule has 0 aliphatic carbocycles. The number of primary amides is 1. The van der Waals surface area contributed by atoms with E-state index in [1.54, 1.807) is 24.4 Å². The Morgan fingerprint density at radius 3 is 2.86 bits per heavy atom. The molecule has 72 valence electrons. The summed E-state index contributed by atoms with van der Waals surface area (Å²) >= 11 is 0. The molecule has 1 rings (SSSR count). The fraction of sp³-hybridized carbons (Fsp3) is 0. The third-order valence-electron chi connectivity index (χ3n) is 1.41. The van der Waals surface area contributed by atoms with Crippen LogP contribution in [0.1, 0.15) is 0 Å². The van der Waals surface area contributed by atoms with Crippen LogP contribution in [0.5, 0.6) is 0 Å². The van der Waals surface area contributed by atoms with Crippen molar-refractivity contribution in [3.05, 3.63) is 36.2 Å². The van der Waals surface area contributed by atoms with Crippen molar-refractivity contribution in [3.63, 3.8) is 0 Å². The lowest BCUT2D eigenvalue weighted by atomic mass is 10.3. The van der Waals surface area contributed by atoms with Crippen molar-refractivity contribution < 1.29 is 9.90 Å². The summed E-state index contributed by atoms with van der Waals surface area (Å²) in [5, 5.41) is 8.60. The molecule has 0 saturated carbocycles. The lowest BCUT2D eigenvalue weighted by Gasteiger charge is -1.92. The van der Waals surface area contributed by atoms with Gasteiger partial charge in [0, 0.05) is 12.4 Å². The number of carbonyl (C=O) groups excluding carboxylic acids is 1. The highest BCUT2D eigenvalue weighted by Crippen LogP contribution is 2.04. The molecule has 0 spiro atoms. The highest BCUT2D eigenvalue weighted by Gasteiger charge is 2.00. The monoisotopic (exact) mass is 191 g/mol. The van der Waals surface area contributed by atoms with Crippen molar-refractivity contribution >= 4 is 17.9 Å². The maximum Gasteiger partial charge on any atom is 0.253 e. The summed E-state index contributed by atoms with van der Waals surface area (Å²) in [6.45, 7) is 0. The zero-order chi connectivity index (χ0) is 10.4. The van der Waals surface area contributed by atoms with Crippen LogP contribution in [0.15, 0.2) is 41.2 Å². The quantitative estimate of drug-likeness (QED) is 0.419. The fourth-order valence-corrected chi connectivity index (χ4v) is 0.726. The Balaban J connectivity index is 2.78. The minimum Gasteiger partial charge on any atom is -0.515 e. The number of aliphatic hydroxyl groups is 1. The van der Waals surface area contributed by atoms with Crippen LogP contribution in [0, 0.1) is 0 Å². The first kappa shape index (κ1) is 9.91. The smallest absolute Gasteiger partial charge is 0.253 e. The second-order valence-electron chi connectivity index (χ2n) is 2.39. The molecule has 0 aromatic carbocycles. The molecule has 0 atom stereocenters. The zero-order valence-electron chi connectivity index (χ0n) is 7.29. The van der Waals surface area contributed by atoms with Crippen molar-refractivity contribution in [1.82, 2.24) is 4.98 Å². The molecular weight excluding hydrogens is 182 g/mol. The van der Waals surface area contributed by atoms with Crippen molar-refractivity contribution in [3.8, 4) is 0 Å². The Morgan fingerprint density at radius 2 is 2.36 bits per heavy atom. The molecular formula is C9H9N3O2. The number of nitrogens with zero attached hydrogens (tertiary/aromatic N) is 2. The third kappa shape index (κ3) is 2.71. The van der Waals surface area contributed by atoms with E-state index in [0.717, 1.165) is 6.21 Å². The van der Waals surface area contributed by atoms with Gasteiger partial charge in [0.2, 0.25) is 0 Å². The van der Waals surface area contributed by atoms with E-state index in [1.807, 2.05) is 0 Å². The Kier molecular flexibility index (Phi) is 3.37. The molecule has 0 aliphatic heterocycles. The van der Waals surface area contributed by atoms with Gasteiger partial charge >= 0.3 is 0 Å². The van der Waals surface area contributed by atoms with E-state index in [4.69, 9.17) is 10.8 Å². The number of nitrogens with two attached hydrogens (primary N) is 1. The summed E-state index contributed by atoms with van der Waals surface area (Å²) in [4.78, 5) is 18.4. The average Bonchev–Trinajstić information content (AvgIpc) is 2.20. The Labute approximate surface area is 80.6 Å². The summed E-state index contributed by atoms with van der Waals surface area (Å²) in [5.74, 6) is -0.305. The standard InChI is InChI=1S/C9H9N3O2/c10-9(14)7(6-13)5-12-8-3-1-2-4-11-8/h1-6,13H,(H2,10,14)/b7-6-,12-5+. The van der Waals surface area contributed by atoms with Crippen molar-refractivity contribution in [2.24, 2.45) is 10.7 Å². The van der Waals surface area contributed by atoms with Crippen LogP contribution < -0.4 is 5.73 Å². The molecule has 0 saturated heterocycles. The number of hydrogen-bond acceptors (Lipinski definition) is 4. The van der Waals surface area contributed by atoms with Gasteiger partial charge in [-0.2, -0.15) is 0 Å². The summed E-state index contributed by atoms with van der Waals surface area (Å²) in [7, 11) is 0. The van der Waals surface area contributed by atoms with E-state index < -0.39 is 5.91 Å². The van der Waals surface area contributed by atoms with Crippen molar-refractivity contribution in [1.29, 1.82) is 0 Å². The number of rotatable bonds is 3. The molecule has 3 N–H and O–H groups in total. The SMILES string of the molecule is NC(=O)C(=C\O)/C=N/c1ccccn1. The van der Waals surface area contributed by atoms with Crippen LogP contribution in [-0.4, -0.2) is 22.2 Å². The van der Waals surface area contributed by atoms with Crippen LogP contribution in [0.2, 0.25) is 0 Å². The summed E-state index contributed by atoms with van der Waals surface area (Å²) < 4.78 is 0. The maximum absolute atomic E-state index is 10.6. The Hall–Kier alpha value is -2.17. The van der Waals surface area contributed by atoms with E-state index in [-0.39, 0.29) is 5.57 Å². The number of aliphatic hydroxyl groups excluding tert-OH is 1. The van der Waals surface area contributed by atoms with Gasteiger partial charge in [-0.3, -0.25) is 4.79 Å². The number of hydrogen-bond donors (Lipinski definition) is 2. The van der Waals surface area contributed by atoms with Gasteiger partial charge in [-0.05, 0) is 12.1 Å². The second kappa shape index (κ2) is 4.76. The van der Waals surface area contributed by atoms with Crippen LogP contribution in [0.25, 0.3) is 0 Å². The van der Waals surface area contributed by atoms with Crippen molar-refractivity contribution in [2.75, 3.05) is 0 Å². The lowest BCUT2D eigenvalue weighted by Crippen LogP contribution is -2.14. The molecule has 1 heterocycles. The van der Waals surface area contributed by atoms with E-state index in [9.17, 15) is 4.79 Å². The molecule has 1 aromatic heterocycles. The van der Waals surface area contributed by atoms with Gasteiger partial charge in [0.15, 0.2) is 5.82 Å². The third-order valence-corrected chi connectivity index (χ3v) is 1.41. The van der Waals surface area contributed by atoms with E-state index >= 15 is 0 Å². The van der Waals surface area contributed by atoms with Crippen LogP contribution in [-0.2, 0) is 4.79 Å². The number of carbonyl (C=O) groups is 1. The molecule has 14 heavy (non-hydrogen) atoms. The topological polar surface area (TPSA) is 88.6 Å². The average molecular weight is 191 g/mol. The molecule has 1 amide bonds. The first-order valence-electron chi connectivity index (χ1n) is 3.83. The number of aliphatic imine (C=N–C) groups is 1. The maximum atomic E-state index is 10.6. The summed E-state index contributed by atoms with van der Waals surface area (Å²) in [5.41, 5.74) is 4.86. The number of pyridine rings is 1. The van der Waals surface area contributed by atoms with Gasteiger partial charge in [-0.1, -0.05) is 6.07 Å². The van der Waals surface area contributed by atoms with Crippen molar-refractivity contribution in [2.45, 2.75) is 0 Å². The molecule has 0 radical (unpaired) electrons. The predicted molar refractivity (Wildman–Crippen MR) is 52.3 cm³/mol. The Morgan fingerprint density at radius 1 is 1.57 bits per heavy atom. The van der Waals surface area contributed by atoms with Gasteiger partial charge < -0.3 is 10.8 Å². The van der Waals surface area contributed by atoms with E-state index in [1.165, 1.54) is 0 Å². The summed E-state index contributed by atoms with van der Waals surface area (Å²) in [6, 6.07) is 5.16. The molecule has 0 unspecified atom stereocenters. The van der Waals surface area contributed by atoms with Gasteiger partial charge in [0.1, 0.15) is 0 Å². The van der Waals surface area contributed by atoms with Crippen LogP contribution in [0.4, 0.5) is 5.82 Å². The van der Waals surface area contributed by atoms with Gasteiger partial charge in [0.25, 0.3) is 5.91 Å². The largest absolute Gasteiger partial charge is 0.515 e. The van der Waals surface area contributed by atoms with E-state index in [2.05, 4.69) is 9.98 Å². The van der Waals surface area contributed by atoms with Crippen LogP contribution in [0.3, 0.4) is 0 Å². The first-order chi connectivity index (χ1) is 6.74. The van der Waals surface area contributed by atoms with Gasteiger partial charge in [-0.15, -0.1) is 0 Å². The highest BCUT2D eigenvalue weighted by molar-refractivity contribution is 6.11. The molecule has 1 aromatic rings. The minimum atomic E-state index is -0.743. The molecule has 0 bridgehead atoms. The number of aromatic nitrogens is 1. The molecule has 5 nitrogen and oxygen atoms in total. The molecule has 0 aliphatic rings. The lowest BCUT2D eigenvalue weighted by molar-refractivity contribution is -0.114. The van der Waals surface area contributed by atoms with Gasteiger partial charge in [0.05, 0.1) is 11.8 Å². The first-order valence-corrected chi connectivity index (χ1v) is 3.83. The fourth-order valence-electron chi connectivity index (χ4n) is 0.726. The molecule has 0 fully saturated rings. The normalized spacial score (nSPS) is 11.9. The molecule has 5 heteroatoms. The van der Waals surface area contributed by atoms with E-state index in [0.29, 0.717) is 12.1 Å². The Bertz CT molecular complexity index is 371. The zero-order valence-corrected chi connectivity index (χ0v) is 7.29. The minimum absolute atomic E-state index is 0.0735. The predicted octanol–water partition coefficient (Wildman–Crippen LogP) is 0.711. The van der Waals surface area contributed by atoms with Gasteiger partial charge in [-0.25, -0.2) is 9.98 Å². The number of amides is 1. The second-order valence-corrected chi connectivity index (χ2v) is 2.39. The van der Waals surface area contributed by atoms with Crippen LogP contribution >= 0.6 is 0 Å². The highest BCUT2D eigenvalue weighted by atomic mass is 16.2.